The molecule has 0 aliphatic heterocycles. The van der Waals surface area contributed by atoms with Crippen LogP contribution >= 0.6 is 11.3 Å². The highest BCUT2D eigenvalue weighted by atomic mass is 32.1. The van der Waals surface area contributed by atoms with E-state index in [0.717, 1.165) is 17.6 Å². The van der Waals surface area contributed by atoms with E-state index >= 15 is 0 Å². The molecule has 0 saturated carbocycles. The highest BCUT2D eigenvalue weighted by Gasteiger charge is 2.10. The predicted octanol–water partition coefficient (Wildman–Crippen LogP) is 2.54. The van der Waals surface area contributed by atoms with E-state index in [1.54, 1.807) is 31.2 Å². The van der Waals surface area contributed by atoms with Crippen LogP contribution in [0.15, 0.2) is 34.1 Å². The Morgan fingerprint density at radius 2 is 2.21 bits per heavy atom. The van der Waals surface area contributed by atoms with E-state index in [1.807, 2.05) is 0 Å². The third kappa shape index (κ3) is 2.79. The molecule has 98 valence electrons. The minimum Gasteiger partial charge on any atom is -0.499 e. The summed E-state index contributed by atoms with van der Waals surface area (Å²) in [5.41, 5.74) is -0.364. The number of amides is 1. The zero-order valence-corrected chi connectivity index (χ0v) is 10.9. The Labute approximate surface area is 112 Å². The number of aliphatic imine (C=N–C) groups is 1. The van der Waals surface area contributed by atoms with Crippen LogP contribution in [-0.4, -0.2) is 24.0 Å². The van der Waals surface area contributed by atoms with Crippen LogP contribution in [0, 0.1) is 0 Å². The number of aromatic hydroxyl groups is 1. The summed E-state index contributed by atoms with van der Waals surface area (Å²) in [4.78, 5) is 26.7. The molecule has 0 fully saturated rings. The highest BCUT2D eigenvalue weighted by Crippen LogP contribution is 2.26. The maximum absolute atomic E-state index is 12.1. The number of carbonyl (C=O) groups excluding carboxylic acids is 1. The lowest BCUT2D eigenvalue weighted by atomic mass is 10.2. The van der Waals surface area contributed by atoms with Gasteiger partial charge in [0.25, 0.3) is 0 Å². The summed E-state index contributed by atoms with van der Waals surface area (Å²) in [6.07, 6.45) is 0.248. The number of hydrogen-bond donors (Lipinski definition) is 1. The second-order valence-electron chi connectivity index (χ2n) is 3.60. The molecular weight excluding hydrogens is 266 g/mol. The summed E-state index contributed by atoms with van der Waals surface area (Å²) in [5.74, 6) is 0. The molecule has 1 amide bonds. The molecule has 1 aromatic heterocycles. The van der Waals surface area contributed by atoms with Gasteiger partial charge in [-0.25, -0.2) is 4.79 Å². The Morgan fingerprint density at radius 3 is 2.95 bits per heavy atom. The zero-order valence-electron chi connectivity index (χ0n) is 10.1. The molecule has 0 saturated heterocycles. The molecule has 1 N–H and O–H groups in total. The van der Waals surface area contributed by atoms with Gasteiger partial charge in [-0.05, 0) is 19.1 Å². The number of benzene rings is 1. The number of ether oxygens (including phenoxy) is 1. The lowest BCUT2D eigenvalue weighted by Crippen LogP contribution is -2.09. The molecule has 6 heteroatoms. The molecule has 2 rings (SSSR count). The van der Waals surface area contributed by atoms with E-state index in [-0.39, 0.29) is 22.7 Å². The molecule has 1 aromatic carbocycles. The minimum atomic E-state index is -0.792. The van der Waals surface area contributed by atoms with E-state index in [1.165, 1.54) is 0 Å². The van der Waals surface area contributed by atoms with Gasteiger partial charge < -0.3 is 9.84 Å². The van der Waals surface area contributed by atoms with Crippen LogP contribution in [0.3, 0.4) is 0 Å². The smallest absolute Gasteiger partial charge is 0.433 e. The van der Waals surface area contributed by atoms with E-state index in [9.17, 15) is 14.7 Å². The summed E-state index contributed by atoms with van der Waals surface area (Å²) < 4.78 is 5.29. The van der Waals surface area contributed by atoms with Crippen molar-refractivity contribution < 1.29 is 14.6 Å². The molecule has 0 spiro atoms. The summed E-state index contributed by atoms with van der Waals surface area (Å²) in [7, 11) is 0. The molecule has 1 heterocycles. The first-order valence-electron chi connectivity index (χ1n) is 5.59. The minimum absolute atomic E-state index is 0.00301. The normalized spacial score (nSPS) is 11.0. The van der Waals surface area contributed by atoms with Crippen molar-refractivity contribution in [3.05, 3.63) is 40.1 Å². The summed E-state index contributed by atoms with van der Waals surface area (Å²) in [5, 5.41) is 10.1. The van der Waals surface area contributed by atoms with Crippen molar-refractivity contribution in [1.82, 2.24) is 0 Å². The number of rotatable bonds is 2. The third-order valence-corrected chi connectivity index (χ3v) is 3.37. The van der Waals surface area contributed by atoms with Crippen molar-refractivity contribution in [3.63, 3.8) is 0 Å². The Bertz CT molecular complexity index is 705. The molecule has 0 aliphatic rings. The quantitative estimate of drug-likeness (QED) is 0.856. The molecule has 19 heavy (non-hydrogen) atoms. The maximum atomic E-state index is 12.1. The lowest BCUT2D eigenvalue weighted by Gasteiger charge is -2.00. The zero-order chi connectivity index (χ0) is 13.8. The Kier molecular flexibility index (Phi) is 3.91. The van der Waals surface area contributed by atoms with Crippen molar-refractivity contribution in [2.75, 3.05) is 6.61 Å². The van der Waals surface area contributed by atoms with Gasteiger partial charge in [0.15, 0.2) is 5.06 Å². The standard InChI is InChI=1S/C13H11NO4S/c1-2-18-13(17)14-7-9-11(15)8-5-3-4-6-10(8)19-12(9)16/h3-7,16H,2H2,1H3/b14-7+. The summed E-state index contributed by atoms with van der Waals surface area (Å²) >= 11 is 1.06. The largest absolute Gasteiger partial charge is 0.499 e. The number of fused-ring (bicyclic) bond motifs is 1. The predicted molar refractivity (Wildman–Crippen MR) is 74.4 cm³/mol. The highest BCUT2D eigenvalue weighted by molar-refractivity contribution is 7.20. The Morgan fingerprint density at radius 1 is 1.47 bits per heavy atom. The van der Waals surface area contributed by atoms with Crippen LogP contribution < -0.4 is 5.43 Å². The fourth-order valence-corrected chi connectivity index (χ4v) is 2.42. The average Bonchev–Trinajstić information content (AvgIpc) is 2.39. The summed E-state index contributed by atoms with van der Waals surface area (Å²) in [6.45, 7) is 1.86. The van der Waals surface area contributed by atoms with Crippen molar-refractivity contribution in [2.45, 2.75) is 6.92 Å². The van der Waals surface area contributed by atoms with Crippen LogP contribution in [0.4, 0.5) is 4.79 Å². The number of carbonyl (C=O) groups is 1. The van der Waals surface area contributed by atoms with Gasteiger partial charge in [0.05, 0.1) is 18.4 Å². The Hall–Kier alpha value is -2.21. The number of hydrogen-bond acceptors (Lipinski definition) is 5. The van der Waals surface area contributed by atoms with Gasteiger partial charge in [-0.3, -0.25) is 4.79 Å². The fourth-order valence-electron chi connectivity index (χ4n) is 1.54. The van der Waals surface area contributed by atoms with Gasteiger partial charge in [0.2, 0.25) is 5.43 Å². The molecule has 2 aromatic rings. The SMILES string of the molecule is CCOC(=O)/N=C/c1c(O)sc2ccccc2c1=O. The fraction of sp³-hybridized carbons (Fsp3) is 0.154. The van der Waals surface area contributed by atoms with Gasteiger partial charge >= 0.3 is 6.09 Å². The molecular formula is C13H11NO4S. The topological polar surface area (TPSA) is 76.0 Å². The van der Waals surface area contributed by atoms with Crippen LogP contribution in [0.5, 0.6) is 5.06 Å². The maximum Gasteiger partial charge on any atom is 0.433 e. The van der Waals surface area contributed by atoms with Crippen molar-refractivity contribution >= 4 is 33.7 Å². The van der Waals surface area contributed by atoms with Crippen LogP contribution in [0.25, 0.3) is 10.1 Å². The van der Waals surface area contributed by atoms with E-state index in [0.29, 0.717) is 10.1 Å². The molecule has 0 unspecified atom stereocenters. The third-order valence-electron chi connectivity index (χ3n) is 2.38. The van der Waals surface area contributed by atoms with Crippen molar-refractivity contribution in [2.24, 2.45) is 4.99 Å². The van der Waals surface area contributed by atoms with Gasteiger partial charge in [-0.15, -0.1) is 0 Å². The lowest BCUT2D eigenvalue weighted by molar-refractivity contribution is 0.164. The second-order valence-corrected chi connectivity index (χ2v) is 4.63. The summed E-state index contributed by atoms with van der Waals surface area (Å²) in [6, 6.07) is 6.92. The second kappa shape index (κ2) is 5.62. The Balaban J connectivity index is 2.49. The first-order chi connectivity index (χ1) is 9.13. The monoisotopic (exact) mass is 277 g/mol. The van der Waals surface area contributed by atoms with Crippen LogP contribution in [-0.2, 0) is 4.74 Å². The van der Waals surface area contributed by atoms with E-state index < -0.39 is 6.09 Å². The van der Waals surface area contributed by atoms with Crippen molar-refractivity contribution in [3.8, 4) is 5.06 Å². The van der Waals surface area contributed by atoms with Gasteiger partial charge in [0.1, 0.15) is 0 Å². The van der Waals surface area contributed by atoms with Gasteiger partial charge in [-0.2, -0.15) is 4.99 Å². The molecule has 0 bridgehead atoms. The van der Waals surface area contributed by atoms with E-state index in [2.05, 4.69) is 9.73 Å². The first kappa shape index (κ1) is 13.2. The van der Waals surface area contributed by atoms with Crippen molar-refractivity contribution in [1.29, 1.82) is 0 Å². The molecule has 0 atom stereocenters. The van der Waals surface area contributed by atoms with Gasteiger partial charge in [-0.1, -0.05) is 23.5 Å². The average molecular weight is 277 g/mol. The van der Waals surface area contributed by atoms with Gasteiger partial charge in [0, 0.05) is 10.1 Å². The molecule has 0 aliphatic carbocycles. The number of nitrogens with zero attached hydrogens (tertiary/aromatic N) is 1. The molecule has 0 radical (unpaired) electrons. The first-order valence-corrected chi connectivity index (χ1v) is 6.40. The molecule has 5 nitrogen and oxygen atoms in total. The van der Waals surface area contributed by atoms with E-state index in [4.69, 9.17) is 0 Å². The van der Waals surface area contributed by atoms with Crippen LogP contribution in [0.1, 0.15) is 12.5 Å². The van der Waals surface area contributed by atoms with Crippen LogP contribution in [0.2, 0.25) is 0 Å².